The second-order valence-corrected chi connectivity index (χ2v) is 4.86. The molecule has 0 saturated carbocycles. The van der Waals surface area contributed by atoms with Crippen molar-refractivity contribution in [3.63, 3.8) is 0 Å². The van der Waals surface area contributed by atoms with Crippen molar-refractivity contribution >= 4 is 17.3 Å². The Hall–Kier alpha value is -2.62. The van der Waals surface area contributed by atoms with Crippen LogP contribution in [0.15, 0.2) is 18.2 Å². The number of carbonyl (C=O) groups is 1. The Morgan fingerprint density at radius 2 is 2.25 bits per heavy atom. The lowest BCUT2D eigenvalue weighted by Gasteiger charge is -2.42. The zero-order valence-corrected chi connectivity index (χ0v) is 10.8. The SMILES string of the molecule is CC(C(=O)O)C1CN(c2cc(C#N)ccc2[N+](=O)[O-])C1. The summed E-state index contributed by atoms with van der Waals surface area (Å²) in [6.07, 6.45) is 0. The quantitative estimate of drug-likeness (QED) is 0.660. The van der Waals surface area contributed by atoms with Gasteiger partial charge >= 0.3 is 5.97 Å². The summed E-state index contributed by atoms with van der Waals surface area (Å²) in [5, 5.41) is 28.8. The highest BCUT2D eigenvalue weighted by molar-refractivity contribution is 5.72. The molecule has 20 heavy (non-hydrogen) atoms. The molecular formula is C13H13N3O4. The fourth-order valence-electron chi connectivity index (χ4n) is 2.23. The molecule has 1 N–H and O–H groups in total. The number of hydrogen-bond acceptors (Lipinski definition) is 5. The van der Waals surface area contributed by atoms with Crippen molar-refractivity contribution in [3.8, 4) is 6.07 Å². The minimum Gasteiger partial charge on any atom is -0.481 e. The third-order valence-corrected chi connectivity index (χ3v) is 3.65. The number of nitro groups is 1. The van der Waals surface area contributed by atoms with Crippen molar-refractivity contribution < 1.29 is 14.8 Å². The maximum atomic E-state index is 11.0. The number of carboxylic acids is 1. The molecule has 2 rings (SSSR count). The Kier molecular flexibility index (Phi) is 3.57. The number of nitriles is 1. The van der Waals surface area contributed by atoms with E-state index < -0.39 is 16.8 Å². The molecule has 0 bridgehead atoms. The average Bonchev–Trinajstić information content (AvgIpc) is 2.36. The maximum absolute atomic E-state index is 11.0. The zero-order valence-electron chi connectivity index (χ0n) is 10.8. The molecule has 1 aromatic rings. The molecule has 1 aromatic carbocycles. The molecule has 1 aliphatic rings. The molecule has 1 heterocycles. The minimum absolute atomic E-state index is 0.0298. The summed E-state index contributed by atoms with van der Waals surface area (Å²) in [5.41, 5.74) is 0.661. The number of hydrogen-bond donors (Lipinski definition) is 1. The van der Waals surface area contributed by atoms with Gasteiger partial charge < -0.3 is 10.0 Å². The third kappa shape index (κ3) is 2.40. The molecule has 1 saturated heterocycles. The lowest BCUT2D eigenvalue weighted by atomic mass is 9.86. The Labute approximate surface area is 115 Å². The van der Waals surface area contributed by atoms with Gasteiger partial charge in [-0.3, -0.25) is 14.9 Å². The van der Waals surface area contributed by atoms with Gasteiger partial charge in [-0.05, 0) is 12.1 Å². The zero-order chi connectivity index (χ0) is 14.9. The molecule has 7 heteroatoms. The predicted octanol–water partition coefficient (Wildman–Crippen LogP) is 1.62. The predicted molar refractivity (Wildman–Crippen MR) is 70.3 cm³/mol. The summed E-state index contributed by atoms with van der Waals surface area (Å²) in [6, 6.07) is 6.13. The van der Waals surface area contributed by atoms with E-state index in [1.165, 1.54) is 18.2 Å². The standard InChI is InChI=1S/C13H13N3O4/c1-8(13(17)18)10-6-15(7-10)12-4-9(5-14)2-3-11(12)16(19)20/h2-4,8,10H,6-7H2,1H3,(H,17,18). The average molecular weight is 275 g/mol. The van der Waals surface area contributed by atoms with Crippen LogP contribution < -0.4 is 4.90 Å². The molecule has 0 aromatic heterocycles. The molecule has 7 nitrogen and oxygen atoms in total. The van der Waals surface area contributed by atoms with Gasteiger partial charge in [-0.15, -0.1) is 0 Å². The third-order valence-electron chi connectivity index (χ3n) is 3.65. The molecule has 0 aliphatic carbocycles. The van der Waals surface area contributed by atoms with Crippen LogP contribution in [0, 0.1) is 33.3 Å². The Bertz CT molecular complexity index is 602. The highest BCUT2D eigenvalue weighted by Gasteiger charge is 2.37. The second kappa shape index (κ2) is 5.17. The van der Waals surface area contributed by atoms with Crippen LogP contribution in [0.5, 0.6) is 0 Å². The van der Waals surface area contributed by atoms with Crippen molar-refractivity contribution in [3.05, 3.63) is 33.9 Å². The van der Waals surface area contributed by atoms with Crippen LogP contribution in [0.3, 0.4) is 0 Å². The van der Waals surface area contributed by atoms with Crippen LogP contribution in [0.1, 0.15) is 12.5 Å². The van der Waals surface area contributed by atoms with E-state index in [9.17, 15) is 14.9 Å². The van der Waals surface area contributed by atoms with Crippen LogP contribution in [0.4, 0.5) is 11.4 Å². The summed E-state index contributed by atoms with van der Waals surface area (Å²) >= 11 is 0. The van der Waals surface area contributed by atoms with E-state index in [1.807, 2.05) is 6.07 Å². The van der Waals surface area contributed by atoms with Crippen LogP contribution >= 0.6 is 0 Å². The number of rotatable bonds is 4. The summed E-state index contributed by atoms with van der Waals surface area (Å²) in [4.78, 5) is 23.1. The molecule has 1 aliphatic heterocycles. The Morgan fingerprint density at radius 3 is 2.75 bits per heavy atom. The molecular weight excluding hydrogens is 262 g/mol. The first-order valence-corrected chi connectivity index (χ1v) is 6.10. The summed E-state index contributed by atoms with van der Waals surface area (Å²) in [5.74, 6) is -1.38. The van der Waals surface area contributed by atoms with E-state index in [2.05, 4.69) is 0 Å². The first kappa shape index (κ1) is 13.8. The van der Waals surface area contributed by atoms with Crippen molar-refractivity contribution in [2.45, 2.75) is 6.92 Å². The van der Waals surface area contributed by atoms with Crippen molar-refractivity contribution in [2.75, 3.05) is 18.0 Å². The van der Waals surface area contributed by atoms with Crippen LogP contribution in [0.2, 0.25) is 0 Å². The highest BCUT2D eigenvalue weighted by atomic mass is 16.6. The van der Waals surface area contributed by atoms with Gasteiger partial charge in [0.05, 0.1) is 22.5 Å². The van der Waals surface area contributed by atoms with E-state index >= 15 is 0 Å². The summed E-state index contributed by atoms with van der Waals surface area (Å²) < 4.78 is 0. The summed E-state index contributed by atoms with van der Waals surface area (Å²) in [6.45, 7) is 2.52. The van der Waals surface area contributed by atoms with E-state index in [4.69, 9.17) is 10.4 Å². The molecule has 0 spiro atoms. The monoisotopic (exact) mass is 275 g/mol. The minimum atomic E-state index is -0.866. The van der Waals surface area contributed by atoms with E-state index in [1.54, 1.807) is 11.8 Å². The van der Waals surface area contributed by atoms with Crippen LogP contribution in [-0.2, 0) is 4.79 Å². The number of benzene rings is 1. The Morgan fingerprint density at radius 1 is 1.60 bits per heavy atom. The second-order valence-electron chi connectivity index (χ2n) is 4.86. The highest BCUT2D eigenvalue weighted by Crippen LogP contribution is 2.36. The maximum Gasteiger partial charge on any atom is 0.306 e. The lowest BCUT2D eigenvalue weighted by molar-refractivity contribution is -0.384. The van der Waals surface area contributed by atoms with Gasteiger partial charge in [0.25, 0.3) is 5.69 Å². The molecule has 1 atom stereocenters. The van der Waals surface area contributed by atoms with Gasteiger partial charge in [0.2, 0.25) is 0 Å². The summed E-state index contributed by atoms with van der Waals surface area (Å²) in [7, 11) is 0. The van der Waals surface area contributed by atoms with Crippen molar-refractivity contribution in [1.82, 2.24) is 0 Å². The van der Waals surface area contributed by atoms with Crippen LogP contribution in [0.25, 0.3) is 0 Å². The number of nitrogens with zero attached hydrogens (tertiary/aromatic N) is 3. The van der Waals surface area contributed by atoms with Crippen LogP contribution in [-0.4, -0.2) is 29.1 Å². The molecule has 1 fully saturated rings. The smallest absolute Gasteiger partial charge is 0.306 e. The first-order valence-electron chi connectivity index (χ1n) is 6.10. The van der Waals surface area contributed by atoms with Crippen molar-refractivity contribution in [2.24, 2.45) is 11.8 Å². The lowest BCUT2D eigenvalue weighted by Crippen LogP contribution is -2.51. The van der Waals surface area contributed by atoms with Gasteiger partial charge in [0.15, 0.2) is 0 Å². The number of nitro benzene ring substituents is 1. The normalized spacial score (nSPS) is 16.1. The number of aliphatic carboxylic acids is 1. The van der Waals surface area contributed by atoms with Gasteiger partial charge in [0, 0.05) is 25.1 Å². The van der Waals surface area contributed by atoms with Crippen molar-refractivity contribution in [1.29, 1.82) is 5.26 Å². The fourth-order valence-corrected chi connectivity index (χ4v) is 2.23. The molecule has 1 unspecified atom stereocenters. The molecule has 0 radical (unpaired) electrons. The van der Waals surface area contributed by atoms with E-state index in [0.717, 1.165) is 0 Å². The first-order chi connectivity index (χ1) is 9.43. The fraction of sp³-hybridized carbons (Fsp3) is 0.385. The van der Waals surface area contributed by atoms with Gasteiger partial charge in [-0.25, -0.2) is 0 Å². The topological polar surface area (TPSA) is 107 Å². The van der Waals surface area contributed by atoms with Gasteiger partial charge in [-0.1, -0.05) is 6.92 Å². The number of carboxylic acid groups (broad SMARTS) is 1. The van der Waals surface area contributed by atoms with Gasteiger partial charge in [0.1, 0.15) is 5.69 Å². The van der Waals surface area contributed by atoms with Gasteiger partial charge in [-0.2, -0.15) is 5.26 Å². The molecule has 104 valence electrons. The Balaban J connectivity index is 2.20. The number of anilines is 1. The van der Waals surface area contributed by atoms with E-state index in [0.29, 0.717) is 24.3 Å². The van der Waals surface area contributed by atoms with E-state index in [-0.39, 0.29) is 11.6 Å². The molecule has 0 amide bonds. The largest absolute Gasteiger partial charge is 0.481 e.